The minimum atomic E-state index is -0.739. The maximum absolute atomic E-state index is 13.2. The Hall–Kier alpha value is -2.85. The Morgan fingerprint density at radius 2 is 1.90 bits per heavy atom. The summed E-state index contributed by atoms with van der Waals surface area (Å²) < 4.78 is 3.97. The summed E-state index contributed by atoms with van der Waals surface area (Å²) in [7, 11) is 0. The van der Waals surface area contributed by atoms with E-state index in [0.29, 0.717) is 30.1 Å². The number of benzene rings is 1. The summed E-state index contributed by atoms with van der Waals surface area (Å²) in [4.78, 5) is 39.9. The smallest absolute Gasteiger partial charge is 0.247 e. The predicted molar refractivity (Wildman–Crippen MR) is 119 cm³/mol. The molecule has 1 aliphatic heterocycles. The fourth-order valence-electron chi connectivity index (χ4n) is 3.53. The molecule has 9 nitrogen and oxygen atoms in total. The number of anilines is 1. The molecule has 0 aliphatic carbocycles. The summed E-state index contributed by atoms with van der Waals surface area (Å²) in [6.45, 7) is 5.73. The molecule has 0 bridgehead atoms. The van der Waals surface area contributed by atoms with E-state index in [1.807, 2.05) is 44.2 Å². The molecule has 3 atom stereocenters. The lowest BCUT2D eigenvalue weighted by atomic mass is 10.0. The highest BCUT2D eigenvalue weighted by Crippen LogP contribution is 2.30. The van der Waals surface area contributed by atoms with E-state index < -0.39 is 24.0 Å². The van der Waals surface area contributed by atoms with Gasteiger partial charge in [0.1, 0.15) is 22.8 Å². The van der Waals surface area contributed by atoms with Gasteiger partial charge in [-0.15, -0.1) is 5.10 Å². The van der Waals surface area contributed by atoms with E-state index in [9.17, 15) is 14.4 Å². The van der Waals surface area contributed by atoms with Gasteiger partial charge in [0.2, 0.25) is 17.7 Å². The van der Waals surface area contributed by atoms with Crippen molar-refractivity contribution in [2.75, 3.05) is 11.9 Å². The number of hydrogen-bond acceptors (Lipinski definition) is 7. The number of amides is 3. The van der Waals surface area contributed by atoms with Gasteiger partial charge in [0.15, 0.2) is 0 Å². The maximum atomic E-state index is 13.2. The van der Waals surface area contributed by atoms with Crippen molar-refractivity contribution in [3.05, 3.63) is 30.3 Å². The molecule has 0 spiro atoms. The van der Waals surface area contributed by atoms with Gasteiger partial charge in [0, 0.05) is 23.6 Å². The van der Waals surface area contributed by atoms with E-state index in [4.69, 9.17) is 5.73 Å². The molecule has 1 aromatic heterocycles. The molecule has 0 saturated carbocycles. The Kier molecular flexibility index (Phi) is 7.34. The summed E-state index contributed by atoms with van der Waals surface area (Å²) >= 11 is 1.10. The molecule has 31 heavy (non-hydrogen) atoms. The topological polar surface area (TPSA) is 130 Å². The highest BCUT2D eigenvalue weighted by atomic mass is 32.1. The summed E-state index contributed by atoms with van der Waals surface area (Å²) in [5.74, 6) is -1.09. The summed E-state index contributed by atoms with van der Waals surface area (Å²) in [5.41, 5.74) is 7.09. The molecule has 1 aromatic carbocycles. The monoisotopic (exact) mass is 444 g/mol. The summed E-state index contributed by atoms with van der Waals surface area (Å²) in [6.07, 6.45) is 1.26. The van der Waals surface area contributed by atoms with E-state index in [1.54, 1.807) is 11.8 Å². The normalized spacial score (nSPS) is 18.0. The van der Waals surface area contributed by atoms with Crippen LogP contribution in [-0.2, 0) is 14.4 Å². The Morgan fingerprint density at radius 3 is 2.55 bits per heavy atom. The quantitative estimate of drug-likeness (QED) is 0.595. The van der Waals surface area contributed by atoms with Crippen molar-refractivity contribution in [2.24, 2.45) is 11.7 Å². The van der Waals surface area contributed by atoms with E-state index in [0.717, 1.165) is 17.1 Å². The lowest BCUT2D eigenvalue weighted by Crippen LogP contribution is -2.56. The summed E-state index contributed by atoms with van der Waals surface area (Å²) in [6, 6.07) is 7.39. The van der Waals surface area contributed by atoms with Crippen molar-refractivity contribution in [3.8, 4) is 11.3 Å². The standard InChI is InChI=1S/C21H28N6O3S/c1-12(2)16(23-18(28)13(3)22)21(30)27-11-7-10-15(27)19(29)24-20-17(25-26-31-20)14-8-5-4-6-9-14/h4-6,8-9,12-13,15-16H,7,10-11,22H2,1-3H3,(H,23,28)(H,24,29)/t13-,15-,16-/m0/s1. The van der Waals surface area contributed by atoms with E-state index >= 15 is 0 Å². The van der Waals surface area contributed by atoms with E-state index in [1.165, 1.54) is 0 Å². The number of carbonyl (C=O) groups is 3. The fraction of sp³-hybridized carbons (Fsp3) is 0.476. The van der Waals surface area contributed by atoms with Crippen LogP contribution < -0.4 is 16.4 Å². The molecule has 1 fully saturated rings. The van der Waals surface area contributed by atoms with Gasteiger partial charge in [-0.3, -0.25) is 14.4 Å². The van der Waals surface area contributed by atoms with Crippen LogP contribution in [0.15, 0.2) is 30.3 Å². The van der Waals surface area contributed by atoms with Gasteiger partial charge in [-0.2, -0.15) is 0 Å². The van der Waals surface area contributed by atoms with Gasteiger partial charge < -0.3 is 21.3 Å². The number of nitrogens with zero attached hydrogens (tertiary/aromatic N) is 3. The maximum Gasteiger partial charge on any atom is 0.247 e. The largest absolute Gasteiger partial charge is 0.343 e. The van der Waals surface area contributed by atoms with Crippen LogP contribution in [0.4, 0.5) is 5.00 Å². The van der Waals surface area contributed by atoms with Crippen LogP contribution in [0.3, 0.4) is 0 Å². The number of likely N-dealkylation sites (tertiary alicyclic amines) is 1. The van der Waals surface area contributed by atoms with Gasteiger partial charge in [-0.1, -0.05) is 48.7 Å². The molecule has 0 unspecified atom stereocenters. The van der Waals surface area contributed by atoms with Crippen LogP contribution in [0.25, 0.3) is 11.3 Å². The van der Waals surface area contributed by atoms with Crippen LogP contribution in [0.1, 0.15) is 33.6 Å². The number of carbonyl (C=O) groups excluding carboxylic acids is 3. The molecular weight excluding hydrogens is 416 g/mol. The van der Waals surface area contributed by atoms with Crippen LogP contribution in [0, 0.1) is 5.92 Å². The summed E-state index contributed by atoms with van der Waals surface area (Å²) in [5, 5.41) is 10.3. The van der Waals surface area contributed by atoms with Gasteiger partial charge >= 0.3 is 0 Å². The lowest BCUT2D eigenvalue weighted by molar-refractivity contribution is -0.141. The first kappa shape index (κ1) is 22.8. The van der Waals surface area contributed by atoms with Crippen molar-refractivity contribution < 1.29 is 14.4 Å². The Morgan fingerprint density at radius 1 is 1.19 bits per heavy atom. The van der Waals surface area contributed by atoms with Crippen LogP contribution in [0.2, 0.25) is 0 Å². The van der Waals surface area contributed by atoms with E-state index in [2.05, 4.69) is 20.2 Å². The van der Waals surface area contributed by atoms with Gasteiger partial charge in [-0.05, 0) is 25.7 Å². The number of hydrogen-bond donors (Lipinski definition) is 3. The molecule has 2 heterocycles. The average molecular weight is 445 g/mol. The second-order valence-corrected chi connectivity index (χ2v) is 8.77. The third-order valence-corrected chi connectivity index (χ3v) is 5.90. The molecule has 3 amide bonds. The lowest BCUT2D eigenvalue weighted by Gasteiger charge is -2.30. The van der Waals surface area contributed by atoms with E-state index in [-0.39, 0.29) is 17.7 Å². The third kappa shape index (κ3) is 5.26. The zero-order valence-electron chi connectivity index (χ0n) is 17.9. The fourth-order valence-corrected chi connectivity index (χ4v) is 4.13. The molecule has 1 aliphatic rings. The highest BCUT2D eigenvalue weighted by molar-refractivity contribution is 7.10. The van der Waals surface area contributed by atoms with Crippen molar-refractivity contribution in [1.82, 2.24) is 19.8 Å². The molecule has 1 saturated heterocycles. The average Bonchev–Trinajstić information content (AvgIpc) is 3.41. The van der Waals surface area contributed by atoms with Crippen molar-refractivity contribution in [3.63, 3.8) is 0 Å². The Labute approximate surface area is 185 Å². The van der Waals surface area contributed by atoms with Gasteiger partial charge in [0.25, 0.3) is 0 Å². The first-order valence-electron chi connectivity index (χ1n) is 10.3. The van der Waals surface area contributed by atoms with Gasteiger partial charge in [0.05, 0.1) is 6.04 Å². The second-order valence-electron chi connectivity index (χ2n) is 8.01. The highest BCUT2D eigenvalue weighted by Gasteiger charge is 2.39. The first-order chi connectivity index (χ1) is 14.8. The molecule has 10 heteroatoms. The third-order valence-electron chi connectivity index (χ3n) is 5.25. The van der Waals surface area contributed by atoms with Crippen molar-refractivity contribution in [1.29, 1.82) is 0 Å². The second kappa shape index (κ2) is 9.97. The number of aromatic nitrogens is 2. The number of rotatable bonds is 7. The number of nitrogens with two attached hydrogens (primary N) is 1. The number of nitrogens with one attached hydrogen (secondary N) is 2. The molecule has 3 rings (SSSR count). The minimum Gasteiger partial charge on any atom is -0.343 e. The zero-order chi connectivity index (χ0) is 22.5. The van der Waals surface area contributed by atoms with Crippen LogP contribution in [-0.4, -0.2) is 56.9 Å². The molecule has 0 radical (unpaired) electrons. The van der Waals surface area contributed by atoms with Gasteiger partial charge in [-0.25, -0.2) is 0 Å². The van der Waals surface area contributed by atoms with Crippen molar-refractivity contribution >= 4 is 34.3 Å². The predicted octanol–water partition coefficient (Wildman–Crippen LogP) is 1.62. The molecule has 2 aromatic rings. The molecule has 4 N–H and O–H groups in total. The Bertz CT molecular complexity index is 930. The zero-order valence-corrected chi connectivity index (χ0v) is 18.7. The Balaban J connectivity index is 1.74. The first-order valence-corrected chi connectivity index (χ1v) is 11.1. The van der Waals surface area contributed by atoms with Crippen molar-refractivity contribution in [2.45, 2.75) is 51.7 Å². The SMILES string of the molecule is CC(C)[C@H](NC(=O)[C@H](C)N)C(=O)N1CCC[C@H]1C(=O)Nc1snnc1-c1ccccc1. The minimum absolute atomic E-state index is 0.144. The van der Waals surface area contributed by atoms with Crippen LogP contribution >= 0.6 is 11.5 Å². The molecular formula is C21H28N6O3S. The molecule has 166 valence electrons. The van der Waals surface area contributed by atoms with Crippen LogP contribution in [0.5, 0.6) is 0 Å².